The average Bonchev–Trinajstić information content (AvgIpc) is 3.18. The van der Waals surface area contributed by atoms with Crippen LogP contribution < -0.4 is 24.6 Å². The van der Waals surface area contributed by atoms with Gasteiger partial charge in [-0.1, -0.05) is 84.9 Å². The van der Waals surface area contributed by atoms with Crippen molar-refractivity contribution in [3.8, 4) is 11.5 Å². The normalized spacial score (nSPS) is 18.7. The Hall–Kier alpha value is -6.15. The van der Waals surface area contributed by atoms with Crippen LogP contribution in [0.2, 0.25) is 0 Å². The maximum absolute atomic E-state index is 14.4. The van der Waals surface area contributed by atoms with E-state index in [1.54, 1.807) is 18.2 Å². The highest BCUT2D eigenvalue weighted by molar-refractivity contribution is 6.39. The summed E-state index contributed by atoms with van der Waals surface area (Å²) >= 11 is 0. The fourth-order valence-corrected chi connectivity index (χ4v) is 8.08. The van der Waals surface area contributed by atoms with Gasteiger partial charge in [0.2, 0.25) is 0 Å². The van der Waals surface area contributed by atoms with Crippen molar-refractivity contribution in [3.63, 3.8) is 0 Å². The Morgan fingerprint density at radius 2 is 1.37 bits per heavy atom. The van der Waals surface area contributed by atoms with Crippen LogP contribution in [0, 0.1) is 13.8 Å². The first-order chi connectivity index (χ1) is 26.3. The molecule has 0 aliphatic carbocycles. The molecule has 8 rings (SSSR count). The molecule has 2 atom stereocenters. The zero-order chi connectivity index (χ0) is 37.3. The number of aryl methyl sites for hydroxylation is 2. The van der Waals surface area contributed by atoms with Gasteiger partial charge in [0.05, 0.1) is 12.3 Å². The highest BCUT2D eigenvalue weighted by Gasteiger charge is 2.40. The minimum absolute atomic E-state index is 0.0815. The molecule has 1 saturated heterocycles. The van der Waals surface area contributed by atoms with E-state index in [9.17, 15) is 14.4 Å². The van der Waals surface area contributed by atoms with Crippen molar-refractivity contribution >= 4 is 35.3 Å². The number of amides is 4. The van der Waals surface area contributed by atoms with E-state index in [0.717, 1.165) is 47.5 Å². The number of nitrogens with zero attached hydrogens (tertiary/aromatic N) is 2. The van der Waals surface area contributed by atoms with Crippen LogP contribution in [0.4, 0.5) is 16.2 Å². The van der Waals surface area contributed by atoms with Gasteiger partial charge in [0, 0.05) is 30.6 Å². The molecule has 5 aromatic carbocycles. The van der Waals surface area contributed by atoms with Crippen LogP contribution in [-0.4, -0.2) is 37.5 Å². The molecule has 8 heteroatoms. The Bertz CT molecular complexity index is 2210. The summed E-state index contributed by atoms with van der Waals surface area (Å²) in [5.41, 5.74) is 10.0. The van der Waals surface area contributed by atoms with Crippen LogP contribution in [0.25, 0.3) is 6.08 Å². The summed E-state index contributed by atoms with van der Waals surface area (Å²) in [5.74, 6) is -0.226. The van der Waals surface area contributed by atoms with Crippen molar-refractivity contribution in [1.82, 2.24) is 5.32 Å². The molecule has 3 aliphatic rings. The molecule has 0 saturated carbocycles. The fourth-order valence-electron chi connectivity index (χ4n) is 8.08. The number of hydrogen-bond donors (Lipinski definition) is 1. The third-order valence-electron chi connectivity index (χ3n) is 10.9. The fraction of sp³-hybridized carbons (Fsp3) is 0.239. The molecule has 5 aromatic rings. The molecular formula is C46H43N3O5. The molecule has 8 nitrogen and oxygen atoms in total. The van der Waals surface area contributed by atoms with Gasteiger partial charge < -0.3 is 14.4 Å². The number of carbonyl (C=O) groups is 3. The van der Waals surface area contributed by atoms with E-state index in [1.165, 1.54) is 34.0 Å². The number of rotatable bonds is 9. The predicted molar refractivity (Wildman–Crippen MR) is 211 cm³/mol. The highest BCUT2D eigenvalue weighted by atomic mass is 16.5. The van der Waals surface area contributed by atoms with Crippen molar-refractivity contribution in [1.29, 1.82) is 0 Å². The monoisotopic (exact) mass is 717 g/mol. The Morgan fingerprint density at radius 3 is 1.98 bits per heavy atom. The van der Waals surface area contributed by atoms with Crippen molar-refractivity contribution in [2.24, 2.45) is 0 Å². The number of anilines is 2. The zero-order valence-electron chi connectivity index (χ0n) is 30.8. The lowest BCUT2D eigenvalue weighted by Crippen LogP contribution is -2.54. The van der Waals surface area contributed by atoms with Crippen molar-refractivity contribution in [3.05, 3.63) is 159 Å². The summed E-state index contributed by atoms with van der Waals surface area (Å²) in [6.07, 6.45) is 3.33. The van der Waals surface area contributed by atoms with Gasteiger partial charge in [-0.2, -0.15) is 0 Å². The molecule has 0 unspecified atom stereocenters. The summed E-state index contributed by atoms with van der Waals surface area (Å²) in [7, 11) is 0. The largest absolute Gasteiger partial charge is 0.490 e. The third-order valence-corrected chi connectivity index (χ3v) is 10.9. The van der Waals surface area contributed by atoms with Gasteiger partial charge in [-0.25, -0.2) is 9.69 Å². The van der Waals surface area contributed by atoms with E-state index in [-0.39, 0.29) is 17.4 Å². The molecule has 272 valence electrons. The van der Waals surface area contributed by atoms with E-state index >= 15 is 0 Å². The minimum Gasteiger partial charge on any atom is -0.490 e. The SMILES string of the molecule is CCOc1cc(/C=C2\C(=O)NC(=O)N(c3cc4c5c(c3)[C@@H](c3ccccc3)CCN5CC[C@@H]4c3ccccc3)C2=O)ccc1OCc1ccc(C)c(C)c1. The van der Waals surface area contributed by atoms with Crippen LogP contribution in [0.5, 0.6) is 11.5 Å². The average molecular weight is 718 g/mol. The molecule has 1 fully saturated rings. The second-order valence-electron chi connectivity index (χ2n) is 14.3. The van der Waals surface area contributed by atoms with Crippen LogP contribution in [0.15, 0.2) is 115 Å². The van der Waals surface area contributed by atoms with E-state index < -0.39 is 17.8 Å². The first kappa shape index (κ1) is 34.9. The molecular weight excluding hydrogens is 675 g/mol. The van der Waals surface area contributed by atoms with Crippen LogP contribution >= 0.6 is 0 Å². The number of urea groups is 1. The number of ether oxygens (including phenoxy) is 2. The summed E-state index contributed by atoms with van der Waals surface area (Å²) in [6.45, 7) is 8.63. The highest BCUT2D eigenvalue weighted by Crippen LogP contribution is 2.50. The first-order valence-corrected chi connectivity index (χ1v) is 18.7. The van der Waals surface area contributed by atoms with Crippen LogP contribution in [0.1, 0.15) is 76.1 Å². The number of benzene rings is 5. The molecule has 0 radical (unpaired) electrons. The molecule has 3 heterocycles. The smallest absolute Gasteiger partial charge is 0.335 e. The molecule has 54 heavy (non-hydrogen) atoms. The van der Waals surface area contributed by atoms with Gasteiger partial charge in [-0.15, -0.1) is 0 Å². The number of imide groups is 2. The van der Waals surface area contributed by atoms with Gasteiger partial charge in [-0.3, -0.25) is 14.9 Å². The second-order valence-corrected chi connectivity index (χ2v) is 14.3. The molecule has 0 aromatic heterocycles. The Labute approximate surface area is 316 Å². The van der Waals surface area contributed by atoms with E-state index in [0.29, 0.717) is 36.0 Å². The van der Waals surface area contributed by atoms with Gasteiger partial charge >= 0.3 is 6.03 Å². The predicted octanol–water partition coefficient (Wildman–Crippen LogP) is 8.83. The topological polar surface area (TPSA) is 88.2 Å². The van der Waals surface area contributed by atoms with Crippen molar-refractivity contribution in [2.45, 2.75) is 52.1 Å². The lowest BCUT2D eigenvalue weighted by molar-refractivity contribution is -0.122. The number of hydrogen-bond acceptors (Lipinski definition) is 6. The Morgan fingerprint density at radius 1 is 0.722 bits per heavy atom. The van der Waals surface area contributed by atoms with Crippen molar-refractivity contribution < 1.29 is 23.9 Å². The number of barbiturate groups is 1. The molecule has 0 bridgehead atoms. The maximum atomic E-state index is 14.4. The van der Waals surface area contributed by atoms with Gasteiger partial charge in [-0.05, 0) is 108 Å². The Balaban J connectivity index is 1.17. The van der Waals surface area contributed by atoms with Crippen LogP contribution in [-0.2, 0) is 16.2 Å². The van der Waals surface area contributed by atoms with Gasteiger partial charge in [0.1, 0.15) is 12.2 Å². The van der Waals surface area contributed by atoms with Gasteiger partial charge in [0.15, 0.2) is 11.5 Å². The lowest BCUT2D eigenvalue weighted by Gasteiger charge is -2.44. The van der Waals surface area contributed by atoms with E-state index in [2.05, 4.69) is 84.7 Å². The minimum atomic E-state index is -0.768. The van der Waals surface area contributed by atoms with Crippen LogP contribution in [0.3, 0.4) is 0 Å². The lowest BCUT2D eigenvalue weighted by atomic mass is 9.76. The summed E-state index contributed by atoms with van der Waals surface area (Å²) in [5, 5.41) is 2.45. The standard InChI is InChI=1S/C46H43N3O5/c1-4-53-42-25-31(17-18-41(42)54-28-32-16-15-29(2)30(3)23-32)24-40-44(50)47-46(52)49(45(40)51)35-26-38-36(33-11-7-5-8-12-33)19-21-48-22-20-37(39(27-35)43(38)48)34-13-9-6-10-14-34/h5-18,23-27,36-37H,4,19-22,28H2,1-3H3,(H,47,50,52)/b40-24+/t36-,37-/m1/s1. The summed E-state index contributed by atoms with van der Waals surface area (Å²) in [4.78, 5) is 45.0. The zero-order valence-corrected chi connectivity index (χ0v) is 30.8. The van der Waals surface area contributed by atoms with E-state index in [1.807, 2.05) is 37.3 Å². The molecule has 4 amide bonds. The third kappa shape index (κ3) is 6.64. The number of nitrogens with one attached hydrogen (secondary N) is 1. The molecule has 0 spiro atoms. The molecule has 1 N–H and O–H groups in total. The summed E-state index contributed by atoms with van der Waals surface area (Å²) < 4.78 is 12.1. The first-order valence-electron chi connectivity index (χ1n) is 18.7. The number of carbonyl (C=O) groups excluding carboxylic acids is 3. The van der Waals surface area contributed by atoms with Crippen molar-refractivity contribution in [2.75, 3.05) is 29.5 Å². The summed E-state index contributed by atoms with van der Waals surface area (Å²) in [6, 6.07) is 35.5. The maximum Gasteiger partial charge on any atom is 0.335 e. The second kappa shape index (κ2) is 14.7. The quantitative estimate of drug-likeness (QED) is 0.121. The van der Waals surface area contributed by atoms with Gasteiger partial charge in [0.25, 0.3) is 11.8 Å². The van der Waals surface area contributed by atoms with E-state index in [4.69, 9.17) is 9.47 Å². The molecule has 3 aliphatic heterocycles. The Kier molecular flexibility index (Phi) is 9.50.